The third-order valence-electron chi connectivity index (χ3n) is 1.85. The summed E-state index contributed by atoms with van der Waals surface area (Å²) in [5, 5.41) is 0. The van der Waals surface area contributed by atoms with Crippen LogP contribution in [0.2, 0.25) is 0 Å². The highest BCUT2D eigenvalue weighted by atomic mass is 16.5. The first-order valence-electron chi connectivity index (χ1n) is 4.03. The highest BCUT2D eigenvalue weighted by Gasteiger charge is 2.12. The van der Waals surface area contributed by atoms with Crippen LogP contribution in [0.15, 0.2) is 11.6 Å². The molecule has 0 aromatic heterocycles. The average molecular weight is 154 g/mol. The zero-order chi connectivity index (χ0) is 8.27. The normalized spacial score (nSPS) is 24.2. The van der Waals surface area contributed by atoms with Gasteiger partial charge in [-0.15, -0.1) is 0 Å². The van der Waals surface area contributed by atoms with E-state index < -0.39 is 0 Å². The third kappa shape index (κ3) is 2.74. The van der Waals surface area contributed by atoms with Gasteiger partial charge in [-0.1, -0.05) is 5.57 Å². The Balaban J connectivity index is 2.46. The first kappa shape index (κ1) is 8.31. The lowest BCUT2D eigenvalue weighted by molar-refractivity contribution is -0.144. The van der Waals surface area contributed by atoms with Gasteiger partial charge in [0.05, 0.1) is 0 Å². The van der Waals surface area contributed by atoms with Crippen LogP contribution in [0.25, 0.3) is 0 Å². The van der Waals surface area contributed by atoms with Gasteiger partial charge >= 0.3 is 5.97 Å². The molecule has 1 atom stereocenters. The topological polar surface area (TPSA) is 26.3 Å². The molecule has 0 unspecified atom stereocenters. The molecule has 0 amide bonds. The van der Waals surface area contributed by atoms with E-state index in [0.29, 0.717) is 0 Å². The number of carbonyl (C=O) groups excluding carboxylic acids is 1. The summed E-state index contributed by atoms with van der Waals surface area (Å²) in [6, 6.07) is 0. The SMILES string of the molecule is CC(=O)O[C@H]1C=C(C)CCC1. The van der Waals surface area contributed by atoms with E-state index in [4.69, 9.17) is 4.74 Å². The minimum absolute atomic E-state index is 0.0428. The molecule has 0 aromatic carbocycles. The number of carbonyl (C=O) groups is 1. The third-order valence-corrected chi connectivity index (χ3v) is 1.85. The van der Waals surface area contributed by atoms with E-state index in [1.165, 1.54) is 12.5 Å². The first-order valence-corrected chi connectivity index (χ1v) is 4.03. The Kier molecular flexibility index (Phi) is 2.69. The molecule has 0 spiro atoms. The summed E-state index contributed by atoms with van der Waals surface area (Å²) >= 11 is 0. The van der Waals surface area contributed by atoms with E-state index in [9.17, 15) is 4.79 Å². The Morgan fingerprint density at radius 2 is 2.45 bits per heavy atom. The summed E-state index contributed by atoms with van der Waals surface area (Å²) in [5.41, 5.74) is 1.34. The van der Waals surface area contributed by atoms with Crippen LogP contribution in [-0.2, 0) is 9.53 Å². The van der Waals surface area contributed by atoms with Crippen LogP contribution in [0.5, 0.6) is 0 Å². The van der Waals surface area contributed by atoms with Crippen molar-refractivity contribution in [2.24, 2.45) is 0 Å². The van der Waals surface area contributed by atoms with Crippen molar-refractivity contribution < 1.29 is 9.53 Å². The summed E-state index contributed by atoms with van der Waals surface area (Å²) in [6.45, 7) is 3.54. The van der Waals surface area contributed by atoms with Crippen LogP contribution in [0, 0.1) is 0 Å². The number of ether oxygens (including phenoxy) is 1. The van der Waals surface area contributed by atoms with Gasteiger partial charge in [0.2, 0.25) is 0 Å². The van der Waals surface area contributed by atoms with Gasteiger partial charge in [0.15, 0.2) is 0 Å². The minimum Gasteiger partial charge on any atom is -0.458 e. The smallest absolute Gasteiger partial charge is 0.303 e. The molecular weight excluding hydrogens is 140 g/mol. The van der Waals surface area contributed by atoms with Gasteiger partial charge in [0.1, 0.15) is 6.10 Å². The van der Waals surface area contributed by atoms with E-state index in [1.807, 2.05) is 6.08 Å². The van der Waals surface area contributed by atoms with Crippen LogP contribution >= 0.6 is 0 Å². The molecule has 2 nitrogen and oxygen atoms in total. The van der Waals surface area contributed by atoms with Crippen molar-refractivity contribution in [1.29, 1.82) is 0 Å². The lowest BCUT2D eigenvalue weighted by atomic mass is 9.99. The summed E-state index contributed by atoms with van der Waals surface area (Å²) < 4.78 is 5.05. The predicted octanol–water partition coefficient (Wildman–Crippen LogP) is 2.05. The largest absolute Gasteiger partial charge is 0.458 e. The second-order valence-electron chi connectivity index (χ2n) is 3.05. The second-order valence-corrected chi connectivity index (χ2v) is 3.05. The lowest BCUT2D eigenvalue weighted by Gasteiger charge is -2.18. The van der Waals surface area contributed by atoms with Gasteiger partial charge < -0.3 is 4.74 Å². The van der Waals surface area contributed by atoms with E-state index in [2.05, 4.69) is 6.92 Å². The van der Waals surface area contributed by atoms with Crippen LogP contribution in [-0.4, -0.2) is 12.1 Å². The maximum atomic E-state index is 10.6. The van der Waals surface area contributed by atoms with Gasteiger partial charge in [0, 0.05) is 6.92 Å². The molecule has 0 N–H and O–H groups in total. The summed E-state index contributed by atoms with van der Waals surface area (Å²) in [7, 11) is 0. The van der Waals surface area contributed by atoms with Crippen molar-refractivity contribution in [2.45, 2.75) is 39.2 Å². The molecule has 0 aromatic rings. The summed E-state index contributed by atoms with van der Waals surface area (Å²) in [6.07, 6.45) is 5.36. The Labute approximate surface area is 67.2 Å². The Hall–Kier alpha value is -0.790. The van der Waals surface area contributed by atoms with Crippen LogP contribution in [0.4, 0.5) is 0 Å². The molecule has 0 aliphatic heterocycles. The molecule has 11 heavy (non-hydrogen) atoms. The molecule has 1 rings (SSSR count). The summed E-state index contributed by atoms with van der Waals surface area (Å²) in [5.74, 6) is -0.180. The van der Waals surface area contributed by atoms with Crippen molar-refractivity contribution in [3.8, 4) is 0 Å². The number of rotatable bonds is 1. The van der Waals surface area contributed by atoms with Crippen LogP contribution < -0.4 is 0 Å². The molecule has 1 aliphatic carbocycles. The molecule has 0 saturated carbocycles. The number of hydrogen-bond donors (Lipinski definition) is 0. The second kappa shape index (κ2) is 3.56. The number of esters is 1. The van der Waals surface area contributed by atoms with Crippen molar-refractivity contribution in [1.82, 2.24) is 0 Å². The Morgan fingerprint density at radius 1 is 1.73 bits per heavy atom. The van der Waals surface area contributed by atoms with Gasteiger partial charge in [-0.25, -0.2) is 0 Å². The molecule has 0 radical (unpaired) electrons. The standard InChI is InChI=1S/C9H14O2/c1-7-4-3-5-9(6-7)11-8(2)10/h6,9H,3-5H2,1-2H3/t9-/m1/s1. The Morgan fingerprint density at radius 3 is 3.00 bits per heavy atom. The van der Waals surface area contributed by atoms with Crippen LogP contribution in [0.3, 0.4) is 0 Å². The van der Waals surface area contributed by atoms with Crippen molar-refractivity contribution >= 4 is 5.97 Å². The molecule has 0 bridgehead atoms. The fraction of sp³-hybridized carbons (Fsp3) is 0.667. The van der Waals surface area contributed by atoms with Gasteiger partial charge in [-0.2, -0.15) is 0 Å². The van der Waals surface area contributed by atoms with Crippen molar-refractivity contribution in [3.63, 3.8) is 0 Å². The molecule has 0 fully saturated rings. The molecule has 0 saturated heterocycles. The highest BCUT2D eigenvalue weighted by molar-refractivity contribution is 5.66. The maximum Gasteiger partial charge on any atom is 0.303 e. The van der Waals surface area contributed by atoms with Crippen molar-refractivity contribution in [2.75, 3.05) is 0 Å². The molecule has 2 heteroatoms. The highest BCUT2D eigenvalue weighted by Crippen LogP contribution is 2.19. The van der Waals surface area contributed by atoms with E-state index in [1.54, 1.807) is 0 Å². The summed E-state index contributed by atoms with van der Waals surface area (Å²) in [4.78, 5) is 10.6. The monoisotopic (exact) mass is 154 g/mol. The average Bonchev–Trinajstić information content (AvgIpc) is 1.85. The molecular formula is C9H14O2. The Bertz CT molecular complexity index is 182. The fourth-order valence-corrected chi connectivity index (χ4v) is 1.37. The zero-order valence-electron chi connectivity index (χ0n) is 7.09. The van der Waals surface area contributed by atoms with Gasteiger partial charge in [-0.3, -0.25) is 4.79 Å². The minimum atomic E-state index is -0.180. The lowest BCUT2D eigenvalue weighted by Crippen LogP contribution is -2.16. The quantitative estimate of drug-likeness (QED) is 0.427. The fourth-order valence-electron chi connectivity index (χ4n) is 1.37. The van der Waals surface area contributed by atoms with E-state index in [-0.39, 0.29) is 12.1 Å². The zero-order valence-corrected chi connectivity index (χ0v) is 7.09. The maximum absolute atomic E-state index is 10.6. The van der Waals surface area contributed by atoms with Crippen LogP contribution in [0.1, 0.15) is 33.1 Å². The number of allylic oxidation sites excluding steroid dienone is 1. The van der Waals surface area contributed by atoms with Crippen molar-refractivity contribution in [3.05, 3.63) is 11.6 Å². The first-order chi connectivity index (χ1) is 5.18. The molecule has 0 heterocycles. The number of hydrogen-bond acceptors (Lipinski definition) is 2. The molecule has 1 aliphatic rings. The molecule has 62 valence electrons. The van der Waals surface area contributed by atoms with Gasteiger partial charge in [0.25, 0.3) is 0 Å². The van der Waals surface area contributed by atoms with E-state index in [0.717, 1.165) is 19.3 Å². The predicted molar refractivity (Wildman–Crippen MR) is 43.2 cm³/mol. The van der Waals surface area contributed by atoms with E-state index >= 15 is 0 Å². The van der Waals surface area contributed by atoms with Gasteiger partial charge in [-0.05, 0) is 32.3 Å².